The fourth-order valence-electron chi connectivity index (χ4n) is 2.74. The van der Waals surface area contributed by atoms with Crippen LogP contribution in [0.3, 0.4) is 0 Å². The molecule has 6 nitrogen and oxygen atoms in total. The van der Waals surface area contributed by atoms with Gasteiger partial charge < -0.3 is 15.5 Å². The summed E-state index contributed by atoms with van der Waals surface area (Å²) in [7, 11) is 0. The zero-order chi connectivity index (χ0) is 14.6. The lowest BCUT2D eigenvalue weighted by molar-refractivity contribution is -0.123. The minimum absolute atomic E-state index is 0.0253. The first-order chi connectivity index (χ1) is 10.1. The first kappa shape index (κ1) is 10.6. The van der Waals surface area contributed by atoms with Crippen LogP contribution in [0.2, 0.25) is 0 Å². The largest absolute Gasteiger partial charge is 0.356 e. The van der Waals surface area contributed by atoms with Crippen molar-refractivity contribution >= 4 is 32.7 Å². The highest BCUT2D eigenvalue weighted by Gasteiger charge is 2.49. The Kier molecular flexibility index (Phi) is 2.08. The predicted molar refractivity (Wildman–Crippen MR) is 77.4 cm³/mol. The Morgan fingerprint density at radius 3 is 3.30 bits per heavy atom. The van der Waals surface area contributed by atoms with E-state index in [0.29, 0.717) is 30.5 Å². The Bertz CT molecular complexity index is 775. The molecule has 0 saturated carbocycles. The molecule has 1 amide bonds. The Morgan fingerprint density at radius 1 is 1.60 bits per heavy atom. The second-order valence-corrected chi connectivity index (χ2v) is 6.07. The highest BCUT2D eigenvalue weighted by Crippen LogP contribution is 2.34. The third-order valence-corrected chi connectivity index (χ3v) is 4.78. The molecule has 20 heavy (non-hydrogen) atoms. The van der Waals surface area contributed by atoms with E-state index in [1.807, 2.05) is 0 Å². The highest BCUT2D eigenvalue weighted by molar-refractivity contribution is 7.22. The average Bonchev–Trinajstić information content (AvgIpc) is 3.08. The van der Waals surface area contributed by atoms with E-state index in [1.54, 1.807) is 6.07 Å². The Labute approximate surface area is 120 Å². The fourth-order valence-corrected chi connectivity index (χ4v) is 3.67. The number of hydrogen-bond acceptors (Lipinski definition) is 6. The number of fused-ring (bicyclic) bond motifs is 1. The Hall–Kier alpha value is -2.15. The van der Waals surface area contributed by atoms with Crippen LogP contribution in [0.5, 0.6) is 0 Å². The van der Waals surface area contributed by atoms with Crippen molar-refractivity contribution in [3.63, 3.8) is 0 Å². The number of carbonyl (C=O) groups is 1. The minimum Gasteiger partial charge on any atom is -0.356 e. The number of hydrogen-bond donors (Lipinski definition) is 2. The number of aromatic nitrogens is 2. The average molecular weight is 289 g/mol. The van der Waals surface area contributed by atoms with Gasteiger partial charge in [-0.3, -0.25) is 4.79 Å². The topological polar surface area (TPSA) is 70.2 Å². The van der Waals surface area contributed by atoms with Crippen LogP contribution in [0.15, 0.2) is 30.7 Å². The van der Waals surface area contributed by atoms with Crippen LogP contribution in [-0.4, -0.2) is 34.5 Å². The van der Waals surface area contributed by atoms with Crippen LogP contribution in [0.25, 0.3) is 10.3 Å². The van der Waals surface area contributed by atoms with E-state index in [0.717, 1.165) is 16.4 Å². The van der Waals surface area contributed by atoms with Crippen molar-refractivity contribution in [1.29, 1.82) is 0 Å². The summed E-state index contributed by atoms with van der Waals surface area (Å²) in [6, 6.07) is 2.14. The molecule has 1 spiro atoms. The lowest BCUT2D eigenvalue weighted by atomic mass is 10.00. The third-order valence-electron chi connectivity index (χ3n) is 3.73. The van der Waals surface area contributed by atoms with E-state index in [9.17, 15) is 4.79 Å². The van der Waals surface area contributed by atoms with Gasteiger partial charge in [-0.2, -0.15) is 4.98 Å². The molecule has 2 fully saturated rings. The van der Waals surface area contributed by atoms with Crippen molar-refractivity contribution in [3.05, 3.63) is 30.7 Å². The zero-order valence-electron chi connectivity index (χ0n) is 11.6. The molecule has 2 N–H and O–H groups in total. The van der Waals surface area contributed by atoms with Gasteiger partial charge in [-0.25, -0.2) is 4.98 Å². The normalized spacial score (nSPS) is 26.2. The van der Waals surface area contributed by atoms with E-state index < -0.39 is 5.54 Å². The molecule has 0 aliphatic carbocycles. The van der Waals surface area contributed by atoms with Crippen LogP contribution in [0.1, 0.15) is 7.79 Å². The summed E-state index contributed by atoms with van der Waals surface area (Å²) in [6.45, 7) is 5.07. The third kappa shape index (κ3) is 1.59. The van der Waals surface area contributed by atoms with Crippen molar-refractivity contribution in [2.24, 2.45) is 0 Å². The van der Waals surface area contributed by atoms with E-state index in [4.69, 9.17) is 1.37 Å². The van der Waals surface area contributed by atoms with Gasteiger partial charge in [0.1, 0.15) is 5.54 Å². The van der Waals surface area contributed by atoms with Gasteiger partial charge in [0, 0.05) is 12.7 Å². The van der Waals surface area contributed by atoms with Crippen LogP contribution in [0.4, 0.5) is 5.13 Å². The van der Waals surface area contributed by atoms with Crippen molar-refractivity contribution in [2.75, 3.05) is 18.0 Å². The number of anilines is 1. The van der Waals surface area contributed by atoms with Crippen molar-refractivity contribution in [1.82, 2.24) is 20.6 Å². The Morgan fingerprint density at radius 2 is 2.50 bits per heavy atom. The molecule has 2 aliphatic heterocycles. The molecule has 0 bridgehead atoms. The summed E-state index contributed by atoms with van der Waals surface area (Å²) < 4.78 is 8.50. The van der Waals surface area contributed by atoms with E-state index >= 15 is 0 Å². The molecular weight excluding hydrogens is 274 g/mol. The fraction of sp³-hybridized carbons (Fsp3) is 0.308. The van der Waals surface area contributed by atoms with Gasteiger partial charge in [0.2, 0.25) is 0 Å². The molecule has 7 heteroatoms. The molecule has 2 aromatic rings. The quantitative estimate of drug-likeness (QED) is 0.814. The number of carbonyl (C=O) groups excluding carboxylic acids is 1. The molecule has 1 atom stereocenters. The van der Waals surface area contributed by atoms with E-state index in [1.165, 1.54) is 17.5 Å². The van der Waals surface area contributed by atoms with Crippen molar-refractivity contribution in [2.45, 2.75) is 12.0 Å². The van der Waals surface area contributed by atoms with Gasteiger partial charge in [-0.1, -0.05) is 17.9 Å². The number of pyridine rings is 1. The first-order valence-electron chi connectivity index (χ1n) is 6.82. The van der Waals surface area contributed by atoms with Crippen LogP contribution in [0, 0.1) is 0 Å². The zero-order valence-corrected chi connectivity index (χ0v) is 11.5. The van der Waals surface area contributed by atoms with Gasteiger partial charge >= 0.3 is 0 Å². The maximum atomic E-state index is 12.1. The van der Waals surface area contributed by atoms with Crippen LogP contribution in [-0.2, 0) is 4.79 Å². The molecule has 2 saturated heterocycles. The molecular formula is C13H13N5OS. The lowest BCUT2D eigenvalue weighted by Gasteiger charge is -2.21. The molecule has 102 valence electrons. The molecule has 4 rings (SSSR count). The summed E-state index contributed by atoms with van der Waals surface area (Å²) in [5, 5.41) is 6.73. The molecule has 1 unspecified atom stereocenters. The van der Waals surface area contributed by atoms with Crippen LogP contribution >= 0.6 is 11.3 Å². The highest BCUT2D eigenvalue weighted by atomic mass is 32.1. The predicted octanol–water partition coefficient (Wildman–Crippen LogP) is 0.831. The van der Waals surface area contributed by atoms with Gasteiger partial charge in [0.05, 0.1) is 18.4 Å². The van der Waals surface area contributed by atoms with Gasteiger partial charge in [-0.15, -0.1) is 0 Å². The summed E-state index contributed by atoms with van der Waals surface area (Å²) in [6.07, 6.45) is 2.21. The van der Waals surface area contributed by atoms with E-state index in [-0.39, 0.29) is 5.91 Å². The molecule has 2 aromatic heterocycles. The monoisotopic (exact) mass is 289 g/mol. The number of rotatable bonds is 1. The first-order valence-corrected chi connectivity index (χ1v) is 7.14. The van der Waals surface area contributed by atoms with E-state index in [2.05, 4.69) is 32.1 Å². The molecule has 2 aliphatic rings. The van der Waals surface area contributed by atoms with Gasteiger partial charge in [0.25, 0.3) is 5.91 Å². The van der Waals surface area contributed by atoms with Gasteiger partial charge in [-0.05, 0) is 18.5 Å². The number of amides is 1. The van der Waals surface area contributed by atoms with Crippen LogP contribution < -0.4 is 15.5 Å². The van der Waals surface area contributed by atoms with Crippen molar-refractivity contribution in [3.8, 4) is 0 Å². The molecule has 0 radical (unpaired) electrons. The van der Waals surface area contributed by atoms with Gasteiger partial charge in [0.15, 0.2) is 10.8 Å². The second kappa shape index (κ2) is 3.92. The standard InChI is InChI=1S/C13H13N5OS/c1-8-15-11(19)13(17-8)4-6-18(7-13)12-16-10-9(20-12)3-2-5-14-10/h2-3,5,17H,1,4,6-7H2,(H,15,19)/i2T. The SMILES string of the molecule is [3H]c1cnc2nc(N3CCC4(C3)NC(=C)NC4=O)sc2c1. The maximum absolute atomic E-state index is 12.1. The Balaban J connectivity index is 1.65. The summed E-state index contributed by atoms with van der Waals surface area (Å²) in [4.78, 5) is 22.8. The number of nitrogens with zero attached hydrogens (tertiary/aromatic N) is 3. The van der Waals surface area contributed by atoms with Crippen molar-refractivity contribution < 1.29 is 6.17 Å². The number of nitrogens with one attached hydrogen (secondary N) is 2. The summed E-state index contributed by atoms with van der Waals surface area (Å²) in [5.41, 5.74) is 0.0587. The molecule has 0 aromatic carbocycles. The minimum atomic E-state index is -0.594. The summed E-state index contributed by atoms with van der Waals surface area (Å²) >= 11 is 1.50. The summed E-state index contributed by atoms with van der Waals surface area (Å²) in [5.74, 6) is 0.536. The maximum Gasteiger partial charge on any atom is 0.253 e. The second-order valence-electron chi connectivity index (χ2n) is 5.06. The molecule has 4 heterocycles. The smallest absolute Gasteiger partial charge is 0.253 e. The lowest BCUT2D eigenvalue weighted by Crippen LogP contribution is -2.48. The number of thiazole rings is 1.